The minimum absolute atomic E-state index is 0.109. The molecule has 2 aromatic rings. The summed E-state index contributed by atoms with van der Waals surface area (Å²) in [5, 5.41) is 2.66. The number of nitrogens with one attached hydrogen (secondary N) is 1. The third-order valence-electron chi connectivity index (χ3n) is 2.67. The minimum atomic E-state index is -3.34. The second-order valence-electron chi connectivity index (χ2n) is 4.38. The van der Waals surface area contributed by atoms with E-state index in [2.05, 4.69) is 5.32 Å². The van der Waals surface area contributed by atoms with Crippen molar-refractivity contribution in [2.24, 2.45) is 0 Å². The molecule has 0 aromatic heterocycles. The van der Waals surface area contributed by atoms with Gasteiger partial charge in [-0.15, -0.1) is 0 Å². The summed E-state index contributed by atoms with van der Waals surface area (Å²) < 4.78 is 22.9. The van der Waals surface area contributed by atoms with Crippen LogP contribution in [0.4, 0.5) is 11.4 Å². The number of hydrogen-bond donors (Lipinski definition) is 2. The van der Waals surface area contributed by atoms with Gasteiger partial charge in [0.05, 0.1) is 4.90 Å². The Morgan fingerprint density at radius 3 is 2.45 bits per heavy atom. The highest BCUT2D eigenvalue weighted by molar-refractivity contribution is 7.90. The van der Waals surface area contributed by atoms with Gasteiger partial charge in [0.2, 0.25) is 0 Å². The van der Waals surface area contributed by atoms with Crippen LogP contribution in [0, 0.1) is 0 Å². The first-order valence-electron chi connectivity index (χ1n) is 5.83. The molecule has 3 N–H and O–H groups in total. The second kappa shape index (κ2) is 5.34. The molecule has 5 nitrogen and oxygen atoms in total. The molecule has 0 unspecified atom stereocenters. The molecule has 0 saturated heterocycles. The van der Waals surface area contributed by atoms with Gasteiger partial charge in [0, 0.05) is 23.2 Å². The van der Waals surface area contributed by atoms with Gasteiger partial charge in [-0.2, -0.15) is 0 Å². The van der Waals surface area contributed by atoms with Crippen LogP contribution in [0.1, 0.15) is 10.4 Å². The highest BCUT2D eigenvalue weighted by Crippen LogP contribution is 2.15. The number of nitrogen functional groups attached to an aromatic ring is 1. The Morgan fingerprint density at radius 2 is 1.80 bits per heavy atom. The van der Waals surface area contributed by atoms with Crippen molar-refractivity contribution >= 4 is 27.1 Å². The largest absolute Gasteiger partial charge is 0.399 e. The lowest BCUT2D eigenvalue weighted by molar-refractivity contribution is 0.102. The van der Waals surface area contributed by atoms with Crippen LogP contribution >= 0.6 is 0 Å². The summed E-state index contributed by atoms with van der Waals surface area (Å²) >= 11 is 0. The lowest BCUT2D eigenvalue weighted by atomic mass is 10.2. The Bertz CT molecular complexity index is 755. The van der Waals surface area contributed by atoms with E-state index in [9.17, 15) is 13.2 Å². The zero-order valence-electron chi connectivity index (χ0n) is 10.8. The van der Waals surface area contributed by atoms with Crippen LogP contribution in [0.15, 0.2) is 53.4 Å². The zero-order valence-corrected chi connectivity index (χ0v) is 11.6. The number of anilines is 2. The van der Waals surface area contributed by atoms with Gasteiger partial charge in [-0.1, -0.05) is 12.1 Å². The van der Waals surface area contributed by atoms with Crippen molar-refractivity contribution in [2.75, 3.05) is 17.3 Å². The predicted octanol–water partition coefficient (Wildman–Crippen LogP) is 1.92. The van der Waals surface area contributed by atoms with E-state index in [1.165, 1.54) is 18.2 Å². The van der Waals surface area contributed by atoms with E-state index in [-0.39, 0.29) is 16.4 Å². The number of rotatable bonds is 3. The third kappa shape index (κ3) is 3.36. The topological polar surface area (TPSA) is 89.3 Å². The monoisotopic (exact) mass is 290 g/mol. The van der Waals surface area contributed by atoms with Crippen molar-refractivity contribution in [3.05, 3.63) is 54.1 Å². The SMILES string of the molecule is CS(=O)(=O)c1cccc(C(=O)Nc2cccc(N)c2)c1. The Balaban J connectivity index is 2.26. The smallest absolute Gasteiger partial charge is 0.255 e. The first kappa shape index (κ1) is 14.1. The molecule has 0 aliphatic carbocycles. The maximum Gasteiger partial charge on any atom is 0.255 e. The molecule has 1 amide bonds. The Hall–Kier alpha value is -2.34. The summed E-state index contributed by atoms with van der Waals surface area (Å²) in [6, 6.07) is 12.6. The van der Waals surface area contributed by atoms with E-state index in [1.807, 2.05) is 0 Å². The van der Waals surface area contributed by atoms with Gasteiger partial charge in [0.1, 0.15) is 0 Å². The molecule has 0 aliphatic heterocycles. The molecule has 0 heterocycles. The van der Waals surface area contributed by atoms with Crippen LogP contribution in [0.5, 0.6) is 0 Å². The van der Waals surface area contributed by atoms with Crippen molar-refractivity contribution in [2.45, 2.75) is 4.90 Å². The molecular weight excluding hydrogens is 276 g/mol. The van der Waals surface area contributed by atoms with Crippen molar-refractivity contribution < 1.29 is 13.2 Å². The highest BCUT2D eigenvalue weighted by atomic mass is 32.2. The summed E-state index contributed by atoms with van der Waals surface area (Å²) in [6.45, 7) is 0. The maximum absolute atomic E-state index is 12.1. The molecule has 0 aliphatic rings. The van der Waals surface area contributed by atoms with Crippen molar-refractivity contribution in [1.29, 1.82) is 0 Å². The number of amides is 1. The first-order valence-corrected chi connectivity index (χ1v) is 7.72. The molecule has 0 spiro atoms. The van der Waals surface area contributed by atoms with E-state index in [1.54, 1.807) is 30.3 Å². The fourth-order valence-corrected chi connectivity index (χ4v) is 2.35. The second-order valence-corrected chi connectivity index (χ2v) is 6.40. The highest BCUT2D eigenvalue weighted by Gasteiger charge is 2.11. The molecule has 2 aromatic carbocycles. The van der Waals surface area contributed by atoms with E-state index < -0.39 is 9.84 Å². The fraction of sp³-hybridized carbons (Fsp3) is 0.0714. The molecule has 0 radical (unpaired) electrons. The lowest BCUT2D eigenvalue weighted by Gasteiger charge is -2.07. The molecule has 0 fully saturated rings. The average Bonchev–Trinajstić information content (AvgIpc) is 2.38. The number of nitrogens with two attached hydrogens (primary N) is 1. The summed E-state index contributed by atoms with van der Waals surface area (Å²) in [5.41, 5.74) is 6.99. The van der Waals surface area contributed by atoms with Crippen LogP contribution in [-0.2, 0) is 9.84 Å². The number of hydrogen-bond acceptors (Lipinski definition) is 4. The van der Waals surface area contributed by atoms with Gasteiger partial charge in [-0.05, 0) is 36.4 Å². The van der Waals surface area contributed by atoms with E-state index >= 15 is 0 Å². The quantitative estimate of drug-likeness (QED) is 0.845. The molecular formula is C14H14N2O3S. The van der Waals surface area contributed by atoms with Gasteiger partial charge in [0.25, 0.3) is 5.91 Å². The molecule has 104 valence electrons. The van der Waals surface area contributed by atoms with Crippen LogP contribution in [-0.4, -0.2) is 20.6 Å². The van der Waals surface area contributed by atoms with E-state index in [0.717, 1.165) is 6.26 Å². The molecule has 0 atom stereocenters. The lowest BCUT2D eigenvalue weighted by Crippen LogP contribution is -2.12. The molecule has 0 bridgehead atoms. The van der Waals surface area contributed by atoms with E-state index in [0.29, 0.717) is 11.4 Å². The van der Waals surface area contributed by atoms with Crippen LogP contribution in [0.2, 0.25) is 0 Å². The van der Waals surface area contributed by atoms with Gasteiger partial charge < -0.3 is 11.1 Å². The van der Waals surface area contributed by atoms with Gasteiger partial charge >= 0.3 is 0 Å². The van der Waals surface area contributed by atoms with Crippen molar-refractivity contribution in [3.8, 4) is 0 Å². The minimum Gasteiger partial charge on any atom is -0.399 e. The maximum atomic E-state index is 12.1. The van der Waals surface area contributed by atoms with Crippen LogP contribution < -0.4 is 11.1 Å². The number of benzene rings is 2. The summed E-state index contributed by atoms with van der Waals surface area (Å²) in [7, 11) is -3.34. The van der Waals surface area contributed by atoms with Crippen LogP contribution in [0.3, 0.4) is 0 Å². The summed E-state index contributed by atoms with van der Waals surface area (Å²) in [4.78, 5) is 12.2. The average molecular weight is 290 g/mol. The number of carbonyl (C=O) groups is 1. The molecule has 0 saturated carbocycles. The molecule has 2 rings (SSSR count). The first-order chi connectivity index (χ1) is 9.36. The zero-order chi connectivity index (χ0) is 14.8. The summed E-state index contributed by atoms with van der Waals surface area (Å²) in [6.07, 6.45) is 1.10. The standard InChI is InChI=1S/C14H14N2O3S/c1-20(18,19)13-7-2-4-10(8-13)14(17)16-12-6-3-5-11(15)9-12/h2-9H,15H2,1H3,(H,16,17). The van der Waals surface area contributed by atoms with Crippen molar-refractivity contribution in [3.63, 3.8) is 0 Å². The van der Waals surface area contributed by atoms with Gasteiger partial charge in [0.15, 0.2) is 9.84 Å². The Kier molecular flexibility index (Phi) is 3.76. The number of carbonyl (C=O) groups excluding carboxylic acids is 1. The Labute approximate surface area is 117 Å². The predicted molar refractivity (Wildman–Crippen MR) is 78.4 cm³/mol. The number of sulfone groups is 1. The van der Waals surface area contributed by atoms with Crippen molar-refractivity contribution in [1.82, 2.24) is 0 Å². The fourth-order valence-electron chi connectivity index (χ4n) is 1.69. The van der Waals surface area contributed by atoms with E-state index in [4.69, 9.17) is 5.73 Å². The normalized spacial score (nSPS) is 11.1. The van der Waals surface area contributed by atoms with Gasteiger partial charge in [-0.25, -0.2) is 8.42 Å². The molecule has 6 heteroatoms. The summed E-state index contributed by atoms with van der Waals surface area (Å²) in [5.74, 6) is -0.388. The molecule has 20 heavy (non-hydrogen) atoms. The van der Waals surface area contributed by atoms with Crippen LogP contribution in [0.25, 0.3) is 0 Å². The van der Waals surface area contributed by atoms with Gasteiger partial charge in [-0.3, -0.25) is 4.79 Å². The third-order valence-corrected chi connectivity index (χ3v) is 3.78. The Morgan fingerprint density at radius 1 is 1.10 bits per heavy atom.